The molecule has 0 saturated carbocycles. The molecular weight excluding hydrogens is 188 g/mol. The first-order valence-electron chi connectivity index (χ1n) is 5.39. The second-order valence-electron chi connectivity index (χ2n) is 3.94. The fraction of sp³-hybridized carbons (Fsp3) is 0.417. The van der Waals surface area contributed by atoms with Gasteiger partial charge in [-0.3, -0.25) is 4.79 Å². The van der Waals surface area contributed by atoms with Gasteiger partial charge in [0.15, 0.2) is 0 Å². The molecule has 2 rings (SSSR count). The minimum atomic E-state index is 0.0291. The molecule has 1 unspecified atom stereocenters. The minimum absolute atomic E-state index is 0.0291. The summed E-state index contributed by atoms with van der Waals surface area (Å²) >= 11 is 0. The second-order valence-corrected chi connectivity index (χ2v) is 3.94. The van der Waals surface area contributed by atoms with E-state index in [1.54, 1.807) is 0 Å². The molecule has 15 heavy (non-hydrogen) atoms. The molecule has 0 aromatic heterocycles. The zero-order valence-electron chi connectivity index (χ0n) is 8.92. The van der Waals surface area contributed by atoms with E-state index in [1.165, 1.54) is 0 Å². The SMILES string of the molecule is CCC(N)c1ccc2c(c1)C(=O)NCC2. The van der Waals surface area contributed by atoms with Gasteiger partial charge in [-0.2, -0.15) is 0 Å². The number of fused-ring (bicyclic) bond motifs is 1. The molecule has 0 radical (unpaired) electrons. The highest BCUT2D eigenvalue weighted by atomic mass is 16.1. The summed E-state index contributed by atoms with van der Waals surface area (Å²) in [7, 11) is 0. The molecule has 0 aliphatic carbocycles. The van der Waals surface area contributed by atoms with Crippen LogP contribution in [0.1, 0.15) is 40.9 Å². The van der Waals surface area contributed by atoms with Gasteiger partial charge in [-0.25, -0.2) is 0 Å². The van der Waals surface area contributed by atoms with Gasteiger partial charge in [0.1, 0.15) is 0 Å². The van der Waals surface area contributed by atoms with E-state index in [2.05, 4.69) is 5.32 Å². The van der Waals surface area contributed by atoms with E-state index >= 15 is 0 Å². The third kappa shape index (κ3) is 1.88. The van der Waals surface area contributed by atoms with Crippen LogP contribution in [0.5, 0.6) is 0 Å². The molecule has 1 atom stereocenters. The molecule has 1 amide bonds. The maximum atomic E-state index is 11.6. The topological polar surface area (TPSA) is 55.1 Å². The quantitative estimate of drug-likeness (QED) is 0.764. The van der Waals surface area contributed by atoms with Crippen molar-refractivity contribution in [3.05, 3.63) is 34.9 Å². The largest absolute Gasteiger partial charge is 0.352 e. The highest BCUT2D eigenvalue weighted by Crippen LogP contribution is 2.20. The zero-order valence-corrected chi connectivity index (χ0v) is 8.92. The highest BCUT2D eigenvalue weighted by molar-refractivity contribution is 5.96. The molecule has 1 aliphatic heterocycles. The van der Waals surface area contributed by atoms with E-state index in [0.717, 1.165) is 36.1 Å². The van der Waals surface area contributed by atoms with Crippen molar-refractivity contribution in [2.24, 2.45) is 5.73 Å². The Labute approximate surface area is 89.7 Å². The molecule has 3 N–H and O–H groups in total. The predicted octanol–water partition coefficient (Wildman–Crippen LogP) is 1.38. The van der Waals surface area contributed by atoms with Gasteiger partial charge in [0.2, 0.25) is 0 Å². The molecule has 0 spiro atoms. The molecule has 1 aromatic carbocycles. The van der Waals surface area contributed by atoms with Gasteiger partial charge in [-0.1, -0.05) is 19.1 Å². The van der Waals surface area contributed by atoms with E-state index in [0.29, 0.717) is 0 Å². The molecule has 1 heterocycles. The molecule has 0 bridgehead atoms. The third-order valence-corrected chi connectivity index (χ3v) is 2.93. The van der Waals surface area contributed by atoms with Crippen LogP contribution in [-0.4, -0.2) is 12.5 Å². The number of nitrogens with one attached hydrogen (secondary N) is 1. The molecule has 3 nitrogen and oxygen atoms in total. The molecule has 3 heteroatoms. The van der Waals surface area contributed by atoms with Gasteiger partial charge >= 0.3 is 0 Å². The summed E-state index contributed by atoms with van der Waals surface area (Å²) in [4.78, 5) is 11.6. The van der Waals surface area contributed by atoms with Crippen molar-refractivity contribution in [1.82, 2.24) is 5.32 Å². The van der Waals surface area contributed by atoms with Crippen molar-refractivity contribution in [2.45, 2.75) is 25.8 Å². The fourth-order valence-corrected chi connectivity index (χ4v) is 1.90. The van der Waals surface area contributed by atoms with Crippen molar-refractivity contribution >= 4 is 5.91 Å². The van der Waals surface area contributed by atoms with Gasteiger partial charge < -0.3 is 11.1 Å². The Morgan fingerprint density at radius 1 is 1.53 bits per heavy atom. The number of nitrogens with two attached hydrogens (primary N) is 1. The number of amides is 1. The Kier molecular flexibility index (Phi) is 2.73. The summed E-state index contributed by atoms with van der Waals surface area (Å²) in [6.45, 7) is 2.79. The monoisotopic (exact) mass is 204 g/mol. The van der Waals surface area contributed by atoms with Gasteiger partial charge in [-0.05, 0) is 30.0 Å². The molecule has 80 valence electrons. The van der Waals surface area contributed by atoms with Crippen LogP contribution in [0.25, 0.3) is 0 Å². The predicted molar refractivity (Wildman–Crippen MR) is 59.7 cm³/mol. The van der Waals surface area contributed by atoms with Gasteiger partial charge in [0.25, 0.3) is 5.91 Å². The summed E-state index contributed by atoms with van der Waals surface area (Å²) in [5, 5.41) is 2.84. The lowest BCUT2D eigenvalue weighted by molar-refractivity contribution is 0.0946. The van der Waals surface area contributed by atoms with Crippen LogP contribution in [0.15, 0.2) is 18.2 Å². The smallest absolute Gasteiger partial charge is 0.251 e. The first-order chi connectivity index (χ1) is 7.22. The Morgan fingerprint density at radius 3 is 3.07 bits per heavy atom. The van der Waals surface area contributed by atoms with Crippen LogP contribution in [0.3, 0.4) is 0 Å². The summed E-state index contributed by atoms with van der Waals surface area (Å²) in [6, 6.07) is 6.02. The standard InChI is InChI=1S/C12H16N2O/c1-2-11(13)9-4-3-8-5-6-14-12(15)10(8)7-9/h3-4,7,11H,2,5-6,13H2,1H3,(H,14,15). The van der Waals surface area contributed by atoms with Gasteiger partial charge in [0.05, 0.1) is 0 Å². The van der Waals surface area contributed by atoms with E-state index in [4.69, 9.17) is 5.73 Å². The number of rotatable bonds is 2. The van der Waals surface area contributed by atoms with Crippen molar-refractivity contribution in [1.29, 1.82) is 0 Å². The molecule has 0 saturated heterocycles. The summed E-state index contributed by atoms with van der Waals surface area (Å²) < 4.78 is 0. The van der Waals surface area contributed by atoms with Crippen LogP contribution >= 0.6 is 0 Å². The van der Waals surface area contributed by atoms with Crippen molar-refractivity contribution in [2.75, 3.05) is 6.54 Å². The minimum Gasteiger partial charge on any atom is -0.352 e. The molecular formula is C12H16N2O. The first kappa shape index (κ1) is 10.2. The summed E-state index contributed by atoms with van der Waals surface area (Å²) in [5.74, 6) is 0.0291. The lowest BCUT2D eigenvalue weighted by Crippen LogP contribution is -2.32. The van der Waals surface area contributed by atoms with E-state index in [9.17, 15) is 4.79 Å². The number of carbonyl (C=O) groups is 1. The van der Waals surface area contributed by atoms with E-state index in [1.807, 2.05) is 25.1 Å². The Balaban J connectivity index is 2.39. The van der Waals surface area contributed by atoms with Crippen LogP contribution < -0.4 is 11.1 Å². The summed E-state index contributed by atoms with van der Waals surface area (Å²) in [6.07, 6.45) is 1.81. The highest BCUT2D eigenvalue weighted by Gasteiger charge is 2.17. The number of hydrogen-bond acceptors (Lipinski definition) is 2. The van der Waals surface area contributed by atoms with Crippen LogP contribution in [0.4, 0.5) is 0 Å². The lowest BCUT2D eigenvalue weighted by atomic mass is 9.95. The maximum absolute atomic E-state index is 11.6. The Bertz CT molecular complexity index is 387. The third-order valence-electron chi connectivity index (χ3n) is 2.93. The zero-order chi connectivity index (χ0) is 10.8. The van der Waals surface area contributed by atoms with Crippen molar-refractivity contribution in [3.8, 4) is 0 Å². The van der Waals surface area contributed by atoms with E-state index in [-0.39, 0.29) is 11.9 Å². The molecule has 0 fully saturated rings. The fourth-order valence-electron chi connectivity index (χ4n) is 1.90. The second kappa shape index (κ2) is 4.03. The number of carbonyl (C=O) groups excluding carboxylic acids is 1. The van der Waals surface area contributed by atoms with E-state index < -0.39 is 0 Å². The van der Waals surface area contributed by atoms with Crippen LogP contribution in [-0.2, 0) is 6.42 Å². The van der Waals surface area contributed by atoms with Gasteiger partial charge in [-0.15, -0.1) is 0 Å². The molecule has 1 aliphatic rings. The van der Waals surface area contributed by atoms with Crippen molar-refractivity contribution < 1.29 is 4.79 Å². The normalized spacial score (nSPS) is 16.8. The Hall–Kier alpha value is -1.35. The lowest BCUT2D eigenvalue weighted by Gasteiger charge is -2.18. The average Bonchev–Trinajstić information content (AvgIpc) is 2.28. The van der Waals surface area contributed by atoms with Crippen LogP contribution in [0, 0.1) is 0 Å². The van der Waals surface area contributed by atoms with Crippen molar-refractivity contribution in [3.63, 3.8) is 0 Å². The first-order valence-corrected chi connectivity index (χ1v) is 5.39. The molecule has 1 aromatic rings. The average molecular weight is 204 g/mol. The van der Waals surface area contributed by atoms with Gasteiger partial charge in [0, 0.05) is 18.2 Å². The number of hydrogen-bond donors (Lipinski definition) is 2. The Morgan fingerprint density at radius 2 is 2.33 bits per heavy atom. The number of benzene rings is 1. The summed E-state index contributed by atoms with van der Waals surface area (Å²) in [5.41, 5.74) is 8.91. The van der Waals surface area contributed by atoms with Crippen LogP contribution in [0.2, 0.25) is 0 Å². The maximum Gasteiger partial charge on any atom is 0.251 e.